The summed E-state index contributed by atoms with van der Waals surface area (Å²) in [7, 11) is -4.29. The Kier molecular flexibility index (Phi) is 9.80. The van der Waals surface area contributed by atoms with E-state index in [1.54, 1.807) is 31.2 Å². The zero-order valence-electron chi connectivity index (χ0n) is 22.4. The normalized spacial score (nSPS) is 12.2. The van der Waals surface area contributed by atoms with Crippen LogP contribution in [0.25, 0.3) is 0 Å². The van der Waals surface area contributed by atoms with Gasteiger partial charge in [-0.05, 0) is 73.9 Å². The van der Waals surface area contributed by atoms with E-state index in [0.717, 1.165) is 34.1 Å². The lowest BCUT2D eigenvalue weighted by Gasteiger charge is -2.32. The predicted molar refractivity (Wildman–Crippen MR) is 146 cm³/mol. The number of carbonyl (C=O) groups is 2. The monoisotopic (exact) mass is 557 g/mol. The highest BCUT2D eigenvalue weighted by atomic mass is 32.2. The Morgan fingerprint density at radius 2 is 1.38 bits per heavy atom. The first-order valence-electron chi connectivity index (χ1n) is 12.5. The van der Waals surface area contributed by atoms with Crippen LogP contribution in [0.15, 0.2) is 77.7 Å². The quantitative estimate of drug-likeness (QED) is 0.372. The van der Waals surface area contributed by atoms with Crippen molar-refractivity contribution in [3.05, 3.63) is 95.6 Å². The molecule has 0 saturated carbocycles. The van der Waals surface area contributed by atoms with Crippen LogP contribution < -0.4 is 9.62 Å². The van der Waals surface area contributed by atoms with Crippen molar-refractivity contribution < 1.29 is 26.8 Å². The first-order chi connectivity index (χ1) is 18.4. The van der Waals surface area contributed by atoms with Crippen LogP contribution in [0.4, 0.5) is 14.5 Å². The molecule has 0 heterocycles. The molecule has 0 radical (unpaired) electrons. The Labute approximate surface area is 228 Å². The lowest BCUT2D eigenvalue weighted by atomic mass is 10.1. The van der Waals surface area contributed by atoms with Gasteiger partial charge in [0.2, 0.25) is 11.8 Å². The van der Waals surface area contributed by atoms with Gasteiger partial charge in [-0.2, -0.15) is 0 Å². The molecule has 7 nitrogen and oxygen atoms in total. The molecule has 0 spiro atoms. The second kappa shape index (κ2) is 12.8. The van der Waals surface area contributed by atoms with Crippen LogP contribution in [-0.2, 0) is 26.2 Å². The van der Waals surface area contributed by atoms with Crippen molar-refractivity contribution in [3.63, 3.8) is 0 Å². The standard InChI is InChI=1S/C29H33F2N3O4S/c1-20(2)17-32-29(36)22(4)33(18-23-7-9-24(30)10-8-23)28(35)19-34(26-13-5-21(3)6-14-26)39(37,38)27-15-11-25(31)12-16-27/h5-16,20,22H,17-19H2,1-4H3,(H,32,36)/t22-/m1/s1. The Morgan fingerprint density at radius 3 is 1.92 bits per heavy atom. The maximum Gasteiger partial charge on any atom is 0.264 e. The van der Waals surface area contributed by atoms with Crippen LogP contribution in [-0.4, -0.2) is 44.3 Å². The van der Waals surface area contributed by atoms with E-state index in [4.69, 9.17) is 0 Å². The van der Waals surface area contributed by atoms with Crippen LogP contribution in [0.3, 0.4) is 0 Å². The smallest absolute Gasteiger partial charge is 0.264 e. The van der Waals surface area contributed by atoms with Crippen molar-refractivity contribution in [1.82, 2.24) is 10.2 Å². The Bertz CT molecular complexity index is 1380. The van der Waals surface area contributed by atoms with Gasteiger partial charge in [0.05, 0.1) is 10.6 Å². The molecule has 3 aromatic rings. The number of sulfonamides is 1. The third kappa shape index (κ3) is 7.86. The number of hydrogen-bond donors (Lipinski definition) is 1. The van der Waals surface area contributed by atoms with Crippen LogP contribution in [0.1, 0.15) is 31.9 Å². The van der Waals surface area contributed by atoms with E-state index in [2.05, 4.69) is 5.32 Å². The van der Waals surface area contributed by atoms with Gasteiger partial charge in [0.15, 0.2) is 0 Å². The van der Waals surface area contributed by atoms with E-state index < -0.39 is 46.1 Å². The fourth-order valence-electron chi connectivity index (χ4n) is 3.80. The molecule has 0 aliphatic heterocycles. The van der Waals surface area contributed by atoms with E-state index in [1.165, 1.54) is 29.2 Å². The molecule has 0 saturated heterocycles. The first-order valence-corrected chi connectivity index (χ1v) is 14.0. The number of nitrogens with one attached hydrogen (secondary N) is 1. The van der Waals surface area contributed by atoms with E-state index in [9.17, 15) is 26.8 Å². The zero-order chi connectivity index (χ0) is 28.7. The minimum Gasteiger partial charge on any atom is -0.354 e. The summed E-state index contributed by atoms with van der Waals surface area (Å²) in [5, 5.41) is 2.80. The predicted octanol–water partition coefficient (Wildman–Crippen LogP) is 4.66. The topological polar surface area (TPSA) is 86.8 Å². The number of benzene rings is 3. The highest BCUT2D eigenvalue weighted by molar-refractivity contribution is 7.92. The number of rotatable bonds is 11. The van der Waals surface area contributed by atoms with Gasteiger partial charge in [-0.3, -0.25) is 13.9 Å². The molecule has 0 aliphatic carbocycles. The Hall–Kier alpha value is -3.79. The fourth-order valence-corrected chi connectivity index (χ4v) is 5.21. The summed E-state index contributed by atoms with van der Waals surface area (Å²) in [5.74, 6) is -1.91. The van der Waals surface area contributed by atoms with E-state index in [1.807, 2.05) is 20.8 Å². The second-order valence-corrected chi connectivity index (χ2v) is 11.6. The number of hydrogen-bond acceptors (Lipinski definition) is 4. The lowest BCUT2D eigenvalue weighted by Crippen LogP contribution is -2.51. The number of anilines is 1. The van der Waals surface area contributed by atoms with Gasteiger partial charge in [-0.15, -0.1) is 0 Å². The third-order valence-electron chi connectivity index (χ3n) is 6.12. The fraction of sp³-hybridized carbons (Fsp3) is 0.310. The van der Waals surface area contributed by atoms with Crippen molar-refractivity contribution in [2.45, 2.75) is 45.2 Å². The first kappa shape index (κ1) is 29.8. The van der Waals surface area contributed by atoms with E-state index in [-0.39, 0.29) is 23.0 Å². The molecule has 3 aromatic carbocycles. The average molecular weight is 558 g/mol. The summed E-state index contributed by atoms with van der Waals surface area (Å²) in [6, 6.07) is 15.5. The molecular weight excluding hydrogens is 524 g/mol. The van der Waals surface area contributed by atoms with Gasteiger partial charge >= 0.3 is 0 Å². The molecule has 0 fully saturated rings. The van der Waals surface area contributed by atoms with Crippen LogP contribution in [0.2, 0.25) is 0 Å². The third-order valence-corrected chi connectivity index (χ3v) is 7.91. The molecule has 2 amide bonds. The number of aryl methyl sites for hydroxylation is 1. The highest BCUT2D eigenvalue weighted by Crippen LogP contribution is 2.25. The van der Waals surface area contributed by atoms with Crippen molar-refractivity contribution in [2.75, 3.05) is 17.4 Å². The Balaban J connectivity index is 2.00. The zero-order valence-corrected chi connectivity index (χ0v) is 23.2. The highest BCUT2D eigenvalue weighted by Gasteiger charge is 2.32. The van der Waals surface area contributed by atoms with Crippen molar-refractivity contribution in [1.29, 1.82) is 0 Å². The van der Waals surface area contributed by atoms with Gasteiger partial charge in [0, 0.05) is 13.1 Å². The van der Waals surface area contributed by atoms with Crippen molar-refractivity contribution in [2.24, 2.45) is 5.92 Å². The summed E-state index contributed by atoms with van der Waals surface area (Å²) in [6.45, 7) is 7.01. The molecule has 0 unspecified atom stereocenters. The minimum atomic E-state index is -4.29. The maximum absolute atomic E-state index is 13.8. The van der Waals surface area contributed by atoms with Gasteiger partial charge in [0.1, 0.15) is 24.2 Å². The Morgan fingerprint density at radius 1 is 0.846 bits per heavy atom. The lowest BCUT2D eigenvalue weighted by molar-refractivity contribution is -0.139. The van der Waals surface area contributed by atoms with Crippen LogP contribution in [0.5, 0.6) is 0 Å². The SMILES string of the molecule is Cc1ccc(N(CC(=O)N(Cc2ccc(F)cc2)[C@H](C)C(=O)NCC(C)C)S(=O)(=O)c2ccc(F)cc2)cc1. The number of amides is 2. The number of nitrogens with zero attached hydrogens (tertiary/aromatic N) is 2. The van der Waals surface area contributed by atoms with Gasteiger partial charge in [-0.25, -0.2) is 17.2 Å². The van der Waals surface area contributed by atoms with E-state index >= 15 is 0 Å². The number of halogens is 2. The molecule has 0 aromatic heterocycles. The molecule has 10 heteroatoms. The van der Waals surface area contributed by atoms with Crippen LogP contribution in [0, 0.1) is 24.5 Å². The van der Waals surface area contributed by atoms with Gasteiger partial charge < -0.3 is 10.2 Å². The molecule has 0 aliphatic rings. The summed E-state index contributed by atoms with van der Waals surface area (Å²) in [6.07, 6.45) is 0. The molecule has 39 heavy (non-hydrogen) atoms. The summed E-state index contributed by atoms with van der Waals surface area (Å²) in [5.41, 5.74) is 1.69. The largest absolute Gasteiger partial charge is 0.354 e. The summed E-state index contributed by atoms with van der Waals surface area (Å²) < 4.78 is 55.3. The van der Waals surface area contributed by atoms with Gasteiger partial charge in [-0.1, -0.05) is 43.7 Å². The van der Waals surface area contributed by atoms with Crippen LogP contribution >= 0.6 is 0 Å². The molecule has 208 valence electrons. The minimum absolute atomic E-state index is 0.0479. The van der Waals surface area contributed by atoms with E-state index in [0.29, 0.717) is 12.1 Å². The number of carbonyl (C=O) groups excluding carboxylic acids is 2. The van der Waals surface area contributed by atoms with Crippen molar-refractivity contribution >= 4 is 27.5 Å². The van der Waals surface area contributed by atoms with Gasteiger partial charge in [0.25, 0.3) is 10.0 Å². The summed E-state index contributed by atoms with van der Waals surface area (Å²) >= 11 is 0. The molecule has 0 bridgehead atoms. The maximum atomic E-state index is 13.8. The molecule has 1 atom stereocenters. The molecule has 1 N–H and O–H groups in total. The average Bonchev–Trinajstić information content (AvgIpc) is 2.90. The molecule has 3 rings (SSSR count). The summed E-state index contributed by atoms with van der Waals surface area (Å²) in [4.78, 5) is 27.8. The molecular formula is C29H33F2N3O4S. The van der Waals surface area contributed by atoms with Crippen molar-refractivity contribution in [3.8, 4) is 0 Å². The second-order valence-electron chi connectivity index (χ2n) is 9.76.